The summed E-state index contributed by atoms with van der Waals surface area (Å²) in [5.41, 5.74) is 0. The molecule has 0 aromatic carbocycles. The molecule has 4 heteroatoms. The highest BCUT2D eigenvalue weighted by Gasteiger charge is 2.01. The Bertz CT molecular complexity index is 410. The lowest BCUT2D eigenvalue weighted by Crippen LogP contribution is -2.30. The molecule has 1 rings (SSSR count). The maximum absolute atomic E-state index is 10.8. The fourth-order valence-electron chi connectivity index (χ4n) is 1.81. The van der Waals surface area contributed by atoms with Crippen LogP contribution in [-0.4, -0.2) is 17.1 Å². The zero-order valence-electron chi connectivity index (χ0n) is 11.5. The van der Waals surface area contributed by atoms with Gasteiger partial charge in [-0.25, -0.2) is 13.9 Å². The first-order valence-corrected chi connectivity index (χ1v) is 6.71. The lowest BCUT2D eigenvalue weighted by Gasteiger charge is -2.01. The van der Waals surface area contributed by atoms with Gasteiger partial charge in [-0.1, -0.05) is 19.2 Å². The van der Waals surface area contributed by atoms with Crippen LogP contribution in [0.2, 0.25) is 0 Å². The monoisotopic (exact) mass is 263 g/mol. The van der Waals surface area contributed by atoms with Crippen molar-refractivity contribution in [1.29, 1.82) is 0 Å². The van der Waals surface area contributed by atoms with Gasteiger partial charge in [0.15, 0.2) is 0 Å². The van der Waals surface area contributed by atoms with Gasteiger partial charge in [-0.3, -0.25) is 0 Å². The van der Waals surface area contributed by atoms with Gasteiger partial charge in [0.2, 0.25) is 6.33 Å². The van der Waals surface area contributed by atoms with Crippen molar-refractivity contribution in [1.82, 2.24) is 4.57 Å². The summed E-state index contributed by atoms with van der Waals surface area (Å²) in [5, 5.41) is 0. The van der Waals surface area contributed by atoms with Crippen LogP contribution >= 0.6 is 0 Å². The van der Waals surface area contributed by atoms with Crippen molar-refractivity contribution in [3.63, 3.8) is 0 Å². The zero-order chi connectivity index (χ0) is 13.9. The average molecular weight is 263 g/mol. The number of nitrogens with zero attached hydrogens (tertiary/aromatic N) is 2. The number of carbonyl (C=O) groups is 1. The standard InChI is InChI=1S/C15H23N2O2/c1-3-9-16-11-12-17(14-16)10-7-5-6-8-13-19-15(18)4-2/h3-4,11-12,14H,1-2,5-10,13H2/q+1. The largest absolute Gasteiger partial charge is 0.463 e. The molecular weight excluding hydrogens is 240 g/mol. The first kappa shape index (κ1) is 15.2. The molecule has 0 amide bonds. The van der Waals surface area contributed by atoms with Crippen molar-refractivity contribution in [3.8, 4) is 0 Å². The Balaban J connectivity index is 2.02. The van der Waals surface area contributed by atoms with Crippen LogP contribution in [0.25, 0.3) is 0 Å². The van der Waals surface area contributed by atoms with Gasteiger partial charge in [0.1, 0.15) is 18.9 Å². The lowest BCUT2D eigenvalue weighted by molar-refractivity contribution is -0.696. The zero-order valence-corrected chi connectivity index (χ0v) is 11.5. The highest BCUT2D eigenvalue weighted by atomic mass is 16.5. The molecule has 4 nitrogen and oxygen atoms in total. The minimum Gasteiger partial charge on any atom is -0.463 e. The first-order valence-electron chi connectivity index (χ1n) is 6.71. The van der Waals surface area contributed by atoms with Gasteiger partial charge in [-0.2, -0.15) is 0 Å². The maximum atomic E-state index is 10.8. The van der Waals surface area contributed by atoms with Crippen LogP contribution in [0.4, 0.5) is 0 Å². The Hall–Kier alpha value is -1.84. The fraction of sp³-hybridized carbons (Fsp3) is 0.467. The number of hydrogen-bond acceptors (Lipinski definition) is 2. The molecule has 0 N–H and O–H groups in total. The molecule has 0 atom stereocenters. The van der Waals surface area contributed by atoms with E-state index in [0.29, 0.717) is 6.61 Å². The van der Waals surface area contributed by atoms with E-state index in [-0.39, 0.29) is 5.97 Å². The second kappa shape index (κ2) is 9.14. The van der Waals surface area contributed by atoms with Crippen LogP contribution in [0.3, 0.4) is 0 Å². The summed E-state index contributed by atoms with van der Waals surface area (Å²) in [6.07, 6.45) is 13.6. The molecule has 0 saturated carbocycles. The smallest absolute Gasteiger partial charge is 0.330 e. The molecule has 0 unspecified atom stereocenters. The third kappa shape index (κ3) is 6.60. The van der Waals surface area contributed by atoms with E-state index in [1.165, 1.54) is 6.08 Å². The molecule has 104 valence electrons. The van der Waals surface area contributed by atoms with E-state index in [9.17, 15) is 4.79 Å². The Morgan fingerprint density at radius 1 is 1.26 bits per heavy atom. The van der Waals surface area contributed by atoms with Crippen molar-refractivity contribution in [2.75, 3.05) is 6.61 Å². The summed E-state index contributed by atoms with van der Waals surface area (Å²) in [7, 11) is 0. The molecule has 1 heterocycles. The summed E-state index contributed by atoms with van der Waals surface area (Å²) in [6.45, 7) is 9.43. The molecule has 0 aliphatic heterocycles. The van der Waals surface area contributed by atoms with Gasteiger partial charge >= 0.3 is 5.97 Å². The summed E-state index contributed by atoms with van der Waals surface area (Å²) in [5.74, 6) is -0.334. The normalized spacial score (nSPS) is 10.1. The van der Waals surface area contributed by atoms with Crippen molar-refractivity contribution >= 4 is 5.97 Å². The maximum Gasteiger partial charge on any atom is 0.330 e. The minimum absolute atomic E-state index is 0.334. The summed E-state index contributed by atoms with van der Waals surface area (Å²) < 4.78 is 9.19. The number of hydrogen-bond donors (Lipinski definition) is 0. The van der Waals surface area contributed by atoms with E-state index in [0.717, 1.165) is 38.8 Å². The molecule has 0 radical (unpaired) electrons. The lowest BCUT2D eigenvalue weighted by atomic mass is 10.2. The highest BCUT2D eigenvalue weighted by Crippen LogP contribution is 2.00. The molecule has 1 aromatic heterocycles. The minimum atomic E-state index is -0.334. The van der Waals surface area contributed by atoms with Gasteiger partial charge in [-0.05, 0) is 25.7 Å². The number of imidazole rings is 1. The van der Waals surface area contributed by atoms with Crippen molar-refractivity contribution < 1.29 is 14.1 Å². The molecule has 0 bridgehead atoms. The molecule has 0 saturated heterocycles. The predicted molar refractivity (Wildman–Crippen MR) is 74.4 cm³/mol. The molecule has 0 fully saturated rings. The van der Waals surface area contributed by atoms with E-state index in [2.05, 4.69) is 41.0 Å². The number of aryl methyl sites for hydroxylation is 1. The molecule has 19 heavy (non-hydrogen) atoms. The van der Waals surface area contributed by atoms with Crippen LogP contribution in [-0.2, 0) is 22.6 Å². The molecular formula is C15H23N2O2+. The van der Waals surface area contributed by atoms with Gasteiger partial charge in [0, 0.05) is 6.08 Å². The van der Waals surface area contributed by atoms with Crippen LogP contribution in [0.1, 0.15) is 25.7 Å². The van der Waals surface area contributed by atoms with E-state index in [4.69, 9.17) is 4.74 Å². The Morgan fingerprint density at radius 2 is 2.05 bits per heavy atom. The SMILES string of the molecule is C=CCn1cc[n+](CCCCCCOC(=O)C=C)c1. The number of allylic oxidation sites excluding steroid dienone is 1. The van der Waals surface area contributed by atoms with Gasteiger partial charge in [0.25, 0.3) is 0 Å². The van der Waals surface area contributed by atoms with Crippen molar-refractivity contribution in [2.24, 2.45) is 0 Å². The molecule has 0 spiro atoms. The van der Waals surface area contributed by atoms with Gasteiger partial charge < -0.3 is 4.74 Å². The van der Waals surface area contributed by atoms with Crippen molar-refractivity contribution in [2.45, 2.75) is 38.8 Å². The van der Waals surface area contributed by atoms with E-state index in [1.54, 1.807) is 0 Å². The molecule has 0 aliphatic rings. The van der Waals surface area contributed by atoms with Crippen LogP contribution < -0.4 is 4.57 Å². The van der Waals surface area contributed by atoms with Crippen LogP contribution in [0, 0.1) is 0 Å². The second-order valence-electron chi connectivity index (χ2n) is 4.42. The first-order chi connectivity index (χ1) is 9.26. The number of aromatic nitrogens is 2. The Labute approximate surface area is 115 Å². The average Bonchev–Trinajstić information content (AvgIpc) is 2.85. The third-order valence-corrected chi connectivity index (χ3v) is 2.81. The van der Waals surface area contributed by atoms with E-state index < -0.39 is 0 Å². The highest BCUT2D eigenvalue weighted by molar-refractivity contribution is 5.81. The second-order valence-corrected chi connectivity index (χ2v) is 4.42. The summed E-state index contributed by atoms with van der Waals surface area (Å²) in [6, 6.07) is 0. The number of rotatable bonds is 10. The number of carbonyl (C=O) groups excluding carboxylic acids is 1. The van der Waals surface area contributed by atoms with Crippen molar-refractivity contribution in [3.05, 3.63) is 44.0 Å². The van der Waals surface area contributed by atoms with Crippen LogP contribution in [0.5, 0.6) is 0 Å². The third-order valence-electron chi connectivity index (χ3n) is 2.81. The van der Waals surface area contributed by atoms with Crippen LogP contribution in [0.15, 0.2) is 44.0 Å². The summed E-state index contributed by atoms with van der Waals surface area (Å²) in [4.78, 5) is 10.8. The topological polar surface area (TPSA) is 35.1 Å². The van der Waals surface area contributed by atoms with E-state index in [1.807, 2.05) is 6.08 Å². The summed E-state index contributed by atoms with van der Waals surface area (Å²) >= 11 is 0. The van der Waals surface area contributed by atoms with E-state index >= 15 is 0 Å². The quantitative estimate of drug-likeness (QED) is 0.213. The number of unbranched alkanes of at least 4 members (excludes halogenated alkanes) is 3. The fourth-order valence-corrected chi connectivity index (χ4v) is 1.81. The molecule has 1 aromatic rings. The van der Waals surface area contributed by atoms with Gasteiger partial charge in [-0.15, -0.1) is 0 Å². The number of ether oxygens (including phenoxy) is 1. The predicted octanol–water partition coefficient (Wildman–Crippen LogP) is 2.25. The van der Waals surface area contributed by atoms with Gasteiger partial charge in [0.05, 0.1) is 13.2 Å². The number of esters is 1. The Kier molecular flexibility index (Phi) is 7.32. The Morgan fingerprint density at radius 3 is 2.79 bits per heavy atom. The molecule has 0 aliphatic carbocycles.